The van der Waals surface area contributed by atoms with Crippen molar-refractivity contribution >= 4 is 14.0 Å². The van der Waals surface area contributed by atoms with Gasteiger partial charge >= 0.3 is 14.0 Å². The summed E-state index contributed by atoms with van der Waals surface area (Å²) in [5, 5.41) is 0. The van der Waals surface area contributed by atoms with E-state index < -0.39 is 12.1 Å². The average molecular weight is 117 g/mol. The molecule has 0 spiro atoms. The molecular formula is C3H8BNO3. The molecule has 0 unspecified atom stereocenters. The summed E-state index contributed by atoms with van der Waals surface area (Å²) < 4.78 is 4.26. The zero-order chi connectivity index (χ0) is 6.57. The smallest absolute Gasteiger partial charge is 0.326 e. The Balaban J connectivity index is 3.46. The van der Waals surface area contributed by atoms with Crippen LogP contribution in [0.25, 0.3) is 0 Å². The number of carbonyl (C=O) groups excluding carboxylic acids is 1. The second-order valence-electron chi connectivity index (χ2n) is 1.30. The van der Waals surface area contributed by atoms with E-state index >= 15 is 0 Å². The van der Waals surface area contributed by atoms with E-state index in [1.807, 2.05) is 0 Å². The van der Waals surface area contributed by atoms with Gasteiger partial charge in [-0.05, 0) is 6.92 Å². The molecule has 0 aliphatic rings. The maximum atomic E-state index is 10.3. The van der Waals surface area contributed by atoms with Gasteiger partial charge in [-0.2, -0.15) is 0 Å². The van der Waals surface area contributed by atoms with Crippen LogP contribution in [0.2, 0.25) is 0 Å². The number of nitrogens with two attached hydrogens (primary N) is 1. The van der Waals surface area contributed by atoms with E-state index in [9.17, 15) is 4.79 Å². The Hall–Kier alpha value is -0.545. The van der Waals surface area contributed by atoms with Gasteiger partial charge in [-0.15, -0.1) is 0 Å². The number of carbonyl (C=O) groups is 1. The van der Waals surface area contributed by atoms with E-state index in [0.29, 0.717) is 0 Å². The lowest BCUT2D eigenvalue weighted by Crippen LogP contribution is -2.25. The average Bonchev–Trinajstić information content (AvgIpc) is 1.84. The summed E-state index contributed by atoms with van der Waals surface area (Å²) in [6, 6.07) is 0. The van der Waals surface area contributed by atoms with Gasteiger partial charge in [-0.25, -0.2) is 5.90 Å². The molecule has 1 atom stereocenters. The van der Waals surface area contributed by atoms with Gasteiger partial charge in [0.05, 0.1) is 0 Å². The third-order valence-electron chi connectivity index (χ3n) is 0.737. The molecule has 0 saturated carbocycles. The Kier molecular flexibility index (Phi) is 3.22. The van der Waals surface area contributed by atoms with Crippen molar-refractivity contribution in [1.29, 1.82) is 0 Å². The van der Waals surface area contributed by atoms with E-state index in [0.717, 1.165) is 0 Å². The second-order valence-corrected chi connectivity index (χ2v) is 1.30. The van der Waals surface area contributed by atoms with Crippen molar-refractivity contribution < 1.29 is 14.3 Å². The Bertz CT molecular complexity index is 86.6. The highest BCUT2D eigenvalue weighted by atomic mass is 16.6. The van der Waals surface area contributed by atoms with Crippen molar-refractivity contribution in [3.63, 3.8) is 0 Å². The first-order valence-electron chi connectivity index (χ1n) is 2.15. The van der Waals surface area contributed by atoms with Crippen molar-refractivity contribution in [2.75, 3.05) is 0 Å². The van der Waals surface area contributed by atoms with Crippen LogP contribution in [-0.2, 0) is 14.3 Å². The summed E-state index contributed by atoms with van der Waals surface area (Å²) in [5.41, 5.74) is 0. The van der Waals surface area contributed by atoms with Gasteiger partial charge in [-0.3, -0.25) is 9.63 Å². The van der Waals surface area contributed by atoms with Crippen LogP contribution in [0.3, 0.4) is 0 Å². The van der Waals surface area contributed by atoms with Crippen molar-refractivity contribution in [3.05, 3.63) is 0 Å². The highest BCUT2D eigenvalue weighted by Gasteiger charge is 2.09. The normalized spacial score (nSPS) is 12.8. The molecular weight excluding hydrogens is 109 g/mol. The Morgan fingerprint density at radius 3 is 2.50 bits per heavy atom. The van der Waals surface area contributed by atoms with Crippen molar-refractivity contribution in [3.8, 4) is 0 Å². The Morgan fingerprint density at radius 1 is 1.88 bits per heavy atom. The first-order chi connectivity index (χ1) is 3.72. The van der Waals surface area contributed by atoms with Crippen molar-refractivity contribution in [1.82, 2.24) is 0 Å². The molecule has 0 saturated heterocycles. The van der Waals surface area contributed by atoms with Crippen LogP contribution in [0.1, 0.15) is 6.92 Å². The molecule has 8 heavy (non-hydrogen) atoms. The SMILES string of the molecule is BOC(=O)[C@H](C)ON. The van der Waals surface area contributed by atoms with Crippen LogP contribution in [0.15, 0.2) is 0 Å². The van der Waals surface area contributed by atoms with Crippen LogP contribution in [0, 0.1) is 0 Å². The first-order valence-corrected chi connectivity index (χ1v) is 2.15. The van der Waals surface area contributed by atoms with E-state index in [-0.39, 0.29) is 0 Å². The third-order valence-corrected chi connectivity index (χ3v) is 0.737. The summed E-state index contributed by atoms with van der Waals surface area (Å²) in [4.78, 5) is 14.4. The molecule has 0 bridgehead atoms. The fourth-order valence-corrected chi connectivity index (χ4v) is 0.222. The quantitative estimate of drug-likeness (QED) is 0.348. The van der Waals surface area contributed by atoms with Crippen LogP contribution >= 0.6 is 0 Å². The number of rotatable bonds is 2. The molecule has 0 radical (unpaired) electrons. The Labute approximate surface area is 48.3 Å². The molecule has 0 heterocycles. The zero-order valence-electron chi connectivity index (χ0n) is 4.88. The van der Waals surface area contributed by atoms with Crippen LogP contribution < -0.4 is 5.90 Å². The van der Waals surface area contributed by atoms with Gasteiger partial charge in [0.25, 0.3) is 0 Å². The van der Waals surface area contributed by atoms with Crippen molar-refractivity contribution in [2.45, 2.75) is 13.0 Å². The second kappa shape index (κ2) is 3.46. The molecule has 46 valence electrons. The standard InChI is InChI=1S/C3H8BNO3/c1-2(8-5)3(6)7-4/h2H,4-5H2,1H3/t2-/m0/s1. The predicted octanol–water partition coefficient (Wildman–Crippen LogP) is -1.64. The van der Waals surface area contributed by atoms with E-state index in [1.54, 1.807) is 0 Å². The molecule has 5 heteroatoms. The highest BCUT2D eigenvalue weighted by molar-refractivity contribution is 6.06. The van der Waals surface area contributed by atoms with Gasteiger partial charge in [0.1, 0.15) is 0 Å². The Morgan fingerprint density at radius 2 is 2.38 bits per heavy atom. The first kappa shape index (κ1) is 7.45. The lowest BCUT2D eigenvalue weighted by Gasteiger charge is -2.04. The summed E-state index contributed by atoms with van der Waals surface area (Å²) >= 11 is 0. The van der Waals surface area contributed by atoms with Gasteiger partial charge in [0.2, 0.25) is 0 Å². The van der Waals surface area contributed by atoms with E-state index in [4.69, 9.17) is 0 Å². The monoisotopic (exact) mass is 117 g/mol. The predicted molar refractivity (Wildman–Crippen MR) is 29.4 cm³/mol. The molecule has 0 aromatic rings. The fourth-order valence-electron chi connectivity index (χ4n) is 0.222. The molecule has 0 aliphatic heterocycles. The van der Waals surface area contributed by atoms with Crippen LogP contribution in [-0.4, -0.2) is 20.1 Å². The molecule has 0 fully saturated rings. The largest absolute Gasteiger partial charge is 0.541 e. The molecule has 0 aromatic heterocycles. The molecule has 4 nitrogen and oxygen atoms in total. The lowest BCUT2D eigenvalue weighted by atomic mass is 10.4. The van der Waals surface area contributed by atoms with Crippen LogP contribution in [0.4, 0.5) is 0 Å². The number of hydrogen-bond acceptors (Lipinski definition) is 4. The van der Waals surface area contributed by atoms with Gasteiger partial charge in [0, 0.05) is 0 Å². The molecule has 0 amide bonds. The molecule has 0 aromatic carbocycles. The van der Waals surface area contributed by atoms with Gasteiger partial charge in [-0.1, -0.05) is 0 Å². The third kappa shape index (κ3) is 1.95. The zero-order valence-corrected chi connectivity index (χ0v) is 4.88. The minimum atomic E-state index is -0.667. The van der Waals surface area contributed by atoms with E-state index in [1.165, 1.54) is 15.0 Å². The summed E-state index contributed by atoms with van der Waals surface area (Å²) in [7, 11) is 1.28. The molecule has 2 N–H and O–H groups in total. The molecule has 0 aliphatic carbocycles. The fraction of sp³-hybridized carbons (Fsp3) is 0.667. The summed E-state index contributed by atoms with van der Waals surface area (Å²) in [6.07, 6.45) is -0.667. The maximum absolute atomic E-state index is 10.3. The van der Waals surface area contributed by atoms with Crippen LogP contribution in [0.5, 0.6) is 0 Å². The lowest BCUT2D eigenvalue weighted by molar-refractivity contribution is -0.146. The molecule has 0 rings (SSSR count). The summed E-state index contributed by atoms with van der Waals surface area (Å²) in [6.45, 7) is 1.51. The van der Waals surface area contributed by atoms with Gasteiger partial charge in [0.15, 0.2) is 6.10 Å². The topological polar surface area (TPSA) is 61.5 Å². The van der Waals surface area contributed by atoms with E-state index in [2.05, 4.69) is 15.4 Å². The van der Waals surface area contributed by atoms with Crippen molar-refractivity contribution in [2.24, 2.45) is 5.90 Å². The maximum Gasteiger partial charge on any atom is 0.326 e. The number of hydrogen-bond donors (Lipinski definition) is 1. The van der Waals surface area contributed by atoms with Gasteiger partial charge < -0.3 is 4.65 Å². The minimum absolute atomic E-state index is 0.465. The summed E-state index contributed by atoms with van der Waals surface area (Å²) in [5.74, 6) is 4.18. The highest BCUT2D eigenvalue weighted by Crippen LogP contribution is 1.85. The minimum Gasteiger partial charge on any atom is -0.541 e.